The van der Waals surface area contributed by atoms with Gasteiger partial charge >= 0.3 is 0 Å². The lowest BCUT2D eigenvalue weighted by molar-refractivity contribution is 0.577. The Balaban J connectivity index is 0.00000324. The number of hydrogen-bond donors (Lipinski definition) is 2. The van der Waals surface area contributed by atoms with Gasteiger partial charge in [-0.15, -0.1) is 12.4 Å². The highest BCUT2D eigenvalue weighted by Crippen LogP contribution is 2.19. The monoisotopic (exact) mass is 367 g/mol. The van der Waals surface area contributed by atoms with Crippen molar-refractivity contribution in [3.8, 4) is 6.07 Å². The normalized spacial score (nSPS) is 10.6. The summed E-state index contributed by atoms with van der Waals surface area (Å²) >= 11 is 3.19. The van der Waals surface area contributed by atoms with Crippen LogP contribution in [-0.4, -0.2) is 28.6 Å². The van der Waals surface area contributed by atoms with E-state index < -0.39 is 10.0 Å². The van der Waals surface area contributed by atoms with E-state index in [4.69, 9.17) is 5.26 Å². The van der Waals surface area contributed by atoms with Crippen LogP contribution in [0.1, 0.15) is 12.0 Å². The molecule has 0 heterocycles. The number of hydrogen-bond acceptors (Lipinski definition) is 4. The minimum atomic E-state index is -3.55. The van der Waals surface area contributed by atoms with E-state index in [1.807, 2.05) is 13.1 Å². The Morgan fingerprint density at radius 2 is 2.00 bits per heavy atom. The molecule has 0 aliphatic carbocycles. The molecule has 0 bridgehead atoms. The van der Waals surface area contributed by atoms with Crippen LogP contribution < -0.4 is 10.0 Å². The lowest BCUT2D eigenvalue weighted by Crippen LogP contribution is -2.26. The molecule has 2 N–H and O–H groups in total. The summed E-state index contributed by atoms with van der Waals surface area (Å²) in [7, 11) is -1.75. The third kappa shape index (κ3) is 5.89. The molecule has 0 aliphatic rings. The smallest absolute Gasteiger partial charge is 0.240 e. The number of benzene rings is 1. The highest BCUT2D eigenvalue weighted by atomic mass is 79.9. The van der Waals surface area contributed by atoms with Crippen LogP contribution in [0.3, 0.4) is 0 Å². The molecule has 5 nitrogen and oxygen atoms in total. The van der Waals surface area contributed by atoms with Gasteiger partial charge in [0.2, 0.25) is 10.0 Å². The van der Waals surface area contributed by atoms with Crippen molar-refractivity contribution in [2.24, 2.45) is 0 Å². The Labute approximate surface area is 128 Å². The summed E-state index contributed by atoms with van der Waals surface area (Å²) in [5.74, 6) is 0. The van der Waals surface area contributed by atoms with Gasteiger partial charge in [-0.25, -0.2) is 13.1 Å². The van der Waals surface area contributed by atoms with Gasteiger partial charge in [0, 0.05) is 11.0 Å². The molecule has 0 radical (unpaired) electrons. The van der Waals surface area contributed by atoms with Gasteiger partial charge < -0.3 is 5.32 Å². The maximum absolute atomic E-state index is 12.0. The molecule has 0 saturated carbocycles. The van der Waals surface area contributed by atoms with E-state index in [9.17, 15) is 8.42 Å². The van der Waals surface area contributed by atoms with Crippen molar-refractivity contribution in [2.45, 2.75) is 11.3 Å². The number of nitriles is 1. The first-order valence-electron chi connectivity index (χ1n) is 5.34. The molecular weight excluding hydrogens is 354 g/mol. The molecule has 1 rings (SSSR count). The van der Waals surface area contributed by atoms with E-state index in [1.54, 1.807) is 6.07 Å². The van der Waals surface area contributed by atoms with E-state index in [0.29, 0.717) is 23.0 Å². The number of rotatable bonds is 6. The highest BCUT2D eigenvalue weighted by molar-refractivity contribution is 9.10. The summed E-state index contributed by atoms with van der Waals surface area (Å²) in [6.45, 7) is 1.10. The molecule has 0 aromatic heterocycles. The summed E-state index contributed by atoms with van der Waals surface area (Å²) in [5.41, 5.74) is 0.306. The maximum atomic E-state index is 12.0. The van der Waals surface area contributed by atoms with Crippen molar-refractivity contribution < 1.29 is 8.42 Å². The van der Waals surface area contributed by atoms with Crippen LogP contribution in [0.4, 0.5) is 0 Å². The molecule has 0 aliphatic heterocycles. The molecule has 0 atom stereocenters. The van der Waals surface area contributed by atoms with Crippen LogP contribution in [0.5, 0.6) is 0 Å². The highest BCUT2D eigenvalue weighted by Gasteiger charge is 2.14. The van der Waals surface area contributed by atoms with E-state index in [-0.39, 0.29) is 17.3 Å². The van der Waals surface area contributed by atoms with Gasteiger partial charge in [0.05, 0.1) is 16.5 Å². The number of halogens is 2. The molecule has 0 fully saturated rings. The maximum Gasteiger partial charge on any atom is 0.240 e. The van der Waals surface area contributed by atoms with Crippen LogP contribution in [0.2, 0.25) is 0 Å². The average Bonchev–Trinajstić information content (AvgIpc) is 2.34. The quantitative estimate of drug-likeness (QED) is 0.748. The second kappa shape index (κ2) is 8.51. The summed E-state index contributed by atoms with van der Waals surface area (Å²) < 4.78 is 27.0. The largest absolute Gasteiger partial charge is 0.320 e. The van der Waals surface area contributed by atoms with Crippen LogP contribution in [0.25, 0.3) is 0 Å². The Morgan fingerprint density at radius 1 is 1.32 bits per heavy atom. The molecule has 1 aromatic carbocycles. The molecule has 8 heteroatoms. The standard InChI is InChI=1S/C11H14BrN3O2S.ClH/c1-14-3-2-4-15-18(16,17)11-6-9(8-13)5-10(12)7-11;/h5-7,14-15H,2-4H2,1H3;1H. The Morgan fingerprint density at radius 3 is 2.58 bits per heavy atom. The zero-order valence-electron chi connectivity index (χ0n) is 10.3. The Kier molecular flexibility index (Phi) is 8.22. The van der Waals surface area contributed by atoms with Crippen LogP contribution in [0.15, 0.2) is 27.6 Å². The zero-order chi connectivity index (χ0) is 13.6. The van der Waals surface area contributed by atoms with Gasteiger partial charge in [0.25, 0.3) is 0 Å². The van der Waals surface area contributed by atoms with E-state index in [2.05, 4.69) is 26.0 Å². The van der Waals surface area contributed by atoms with Gasteiger partial charge in [-0.05, 0) is 38.2 Å². The van der Waals surface area contributed by atoms with Crippen molar-refractivity contribution in [3.63, 3.8) is 0 Å². The first-order valence-corrected chi connectivity index (χ1v) is 7.62. The van der Waals surface area contributed by atoms with Crippen LogP contribution in [-0.2, 0) is 10.0 Å². The van der Waals surface area contributed by atoms with Gasteiger partial charge in [-0.2, -0.15) is 5.26 Å². The second-order valence-corrected chi connectivity index (χ2v) is 6.32. The first kappa shape index (κ1) is 18.4. The summed E-state index contributed by atoms with van der Waals surface area (Å²) in [4.78, 5) is 0.0953. The van der Waals surface area contributed by atoms with Gasteiger partial charge in [0.1, 0.15) is 0 Å². The fraction of sp³-hybridized carbons (Fsp3) is 0.364. The Hall–Kier alpha value is -0.650. The third-order valence-electron chi connectivity index (χ3n) is 2.21. The Bertz CT molecular complexity index is 558. The van der Waals surface area contributed by atoms with Crippen LogP contribution >= 0.6 is 28.3 Å². The molecule has 19 heavy (non-hydrogen) atoms. The SMILES string of the molecule is CNCCCNS(=O)(=O)c1cc(Br)cc(C#N)c1.Cl. The summed E-state index contributed by atoms with van der Waals surface area (Å²) in [6.07, 6.45) is 0.703. The molecule has 0 spiro atoms. The predicted molar refractivity (Wildman–Crippen MR) is 79.8 cm³/mol. The molecular formula is C11H15BrClN3O2S. The lowest BCUT2D eigenvalue weighted by Gasteiger charge is -2.07. The molecule has 0 amide bonds. The van der Waals surface area contributed by atoms with Gasteiger partial charge in [-0.1, -0.05) is 15.9 Å². The number of nitrogens with zero attached hydrogens (tertiary/aromatic N) is 1. The number of nitrogens with one attached hydrogen (secondary N) is 2. The van der Waals surface area contributed by atoms with Crippen molar-refractivity contribution in [1.82, 2.24) is 10.0 Å². The summed E-state index contributed by atoms with van der Waals surface area (Å²) in [6, 6.07) is 6.32. The minimum Gasteiger partial charge on any atom is -0.320 e. The zero-order valence-corrected chi connectivity index (χ0v) is 13.5. The minimum absolute atomic E-state index is 0. The lowest BCUT2D eigenvalue weighted by atomic mass is 10.2. The summed E-state index contributed by atoms with van der Waals surface area (Å²) in [5, 5.41) is 11.7. The average molecular weight is 369 g/mol. The van der Waals surface area contributed by atoms with E-state index in [0.717, 1.165) is 6.54 Å². The van der Waals surface area contributed by atoms with Gasteiger partial charge in [0.15, 0.2) is 0 Å². The van der Waals surface area contributed by atoms with Gasteiger partial charge in [-0.3, -0.25) is 0 Å². The van der Waals surface area contributed by atoms with E-state index in [1.165, 1.54) is 12.1 Å². The second-order valence-electron chi connectivity index (χ2n) is 3.64. The topological polar surface area (TPSA) is 82.0 Å². The fourth-order valence-corrected chi connectivity index (χ4v) is 3.13. The van der Waals surface area contributed by atoms with Crippen LogP contribution in [0, 0.1) is 11.3 Å². The predicted octanol–water partition coefficient (Wildman–Crippen LogP) is 1.63. The molecule has 0 unspecified atom stereocenters. The molecule has 1 aromatic rings. The van der Waals surface area contributed by atoms with Crippen molar-refractivity contribution in [2.75, 3.05) is 20.1 Å². The number of sulfonamides is 1. The van der Waals surface area contributed by atoms with E-state index >= 15 is 0 Å². The molecule has 0 saturated heterocycles. The first-order chi connectivity index (χ1) is 8.49. The van der Waals surface area contributed by atoms with Crippen molar-refractivity contribution in [3.05, 3.63) is 28.2 Å². The van der Waals surface area contributed by atoms with Crippen molar-refractivity contribution in [1.29, 1.82) is 5.26 Å². The third-order valence-corrected chi connectivity index (χ3v) is 4.10. The fourth-order valence-electron chi connectivity index (χ4n) is 1.34. The molecule has 106 valence electrons. The van der Waals surface area contributed by atoms with Crippen molar-refractivity contribution >= 4 is 38.4 Å².